The number of carbonyl (C=O) groups is 1. The maximum absolute atomic E-state index is 12.5. The second kappa shape index (κ2) is 9.29. The third-order valence-electron chi connectivity index (χ3n) is 4.46. The normalized spacial score (nSPS) is 14.6. The molecular weight excluding hydrogens is 439 g/mol. The Labute approximate surface area is 184 Å². The zero-order valence-corrected chi connectivity index (χ0v) is 18.2. The second-order valence-electron chi connectivity index (χ2n) is 6.46. The van der Waals surface area contributed by atoms with E-state index in [1.807, 2.05) is 18.2 Å². The largest absolute Gasteiger partial charge is 0.366 e. The Morgan fingerprint density at radius 3 is 2.43 bits per heavy atom. The van der Waals surface area contributed by atoms with Gasteiger partial charge >= 0.3 is 0 Å². The van der Waals surface area contributed by atoms with Gasteiger partial charge < -0.3 is 15.1 Å². The number of halogens is 3. The zero-order valence-electron chi connectivity index (χ0n) is 15.1. The average Bonchev–Trinajstić information content (AvgIpc) is 2.62. The van der Waals surface area contributed by atoms with Crippen LogP contribution in [0, 0.1) is 0 Å². The maximum Gasteiger partial charge on any atom is 0.258 e. The van der Waals surface area contributed by atoms with Crippen molar-refractivity contribution in [3.8, 4) is 0 Å². The van der Waals surface area contributed by atoms with Crippen LogP contribution >= 0.6 is 47.0 Å². The summed E-state index contributed by atoms with van der Waals surface area (Å²) >= 11 is 23.8. The molecule has 0 spiro atoms. The van der Waals surface area contributed by atoms with Crippen LogP contribution in [-0.4, -0.2) is 49.1 Å². The van der Waals surface area contributed by atoms with Crippen molar-refractivity contribution in [2.24, 2.45) is 0 Å². The highest BCUT2D eigenvalue weighted by molar-refractivity contribution is 7.80. The SMILES string of the molecule is CN1CCN(c2c(Cl)cccc2NC(=S)NC(=O)c2ccc(Cl)cc2Cl)CC1. The van der Waals surface area contributed by atoms with Gasteiger partial charge in [0.05, 0.1) is 27.0 Å². The average molecular weight is 458 g/mol. The molecule has 28 heavy (non-hydrogen) atoms. The van der Waals surface area contributed by atoms with Crippen LogP contribution in [0.25, 0.3) is 0 Å². The maximum atomic E-state index is 12.5. The number of benzene rings is 2. The van der Waals surface area contributed by atoms with Crippen molar-refractivity contribution in [2.45, 2.75) is 0 Å². The molecule has 9 heteroatoms. The van der Waals surface area contributed by atoms with Crippen molar-refractivity contribution in [3.63, 3.8) is 0 Å². The number of amides is 1. The highest BCUT2D eigenvalue weighted by Crippen LogP contribution is 2.34. The lowest BCUT2D eigenvalue weighted by molar-refractivity contribution is 0.0978. The number of piperazine rings is 1. The molecule has 1 aliphatic heterocycles. The molecule has 2 N–H and O–H groups in total. The van der Waals surface area contributed by atoms with Gasteiger partial charge in [-0.2, -0.15) is 0 Å². The molecule has 0 aromatic heterocycles. The molecule has 2 aromatic carbocycles. The van der Waals surface area contributed by atoms with Crippen LogP contribution in [0.2, 0.25) is 15.1 Å². The smallest absolute Gasteiger partial charge is 0.258 e. The van der Waals surface area contributed by atoms with Crippen LogP contribution in [0.5, 0.6) is 0 Å². The second-order valence-corrected chi connectivity index (χ2v) is 8.12. The van der Waals surface area contributed by atoms with Crippen LogP contribution in [-0.2, 0) is 0 Å². The third kappa shape index (κ3) is 5.07. The van der Waals surface area contributed by atoms with Gasteiger partial charge in [0.1, 0.15) is 0 Å². The standard InChI is InChI=1S/C19H19Cl3N4OS/c1-25-7-9-26(10-8-25)17-14(21)3-2-4-16(17)23-19(28)24-18(27)13-6-5-12(20)11-15(13)22/h2-6,11H,7-10H2,1H3,(H2,23,24,27,28). The number of carbonyl (C=O) groups excluding carboxylic acids is 1. The van der Waals surface area contributed by atoms with Gasteiger partial charge in [-0.3, -0.25) is 10.1 Å². The molecule has 3 rings (SSSR count). The monoisotopic (exact) mass is 456 g/mol. The molecule has 0 saturated carbocycles. The van der Waals surface area contributed by atoms with Gasteiger partial charge in [-0.15, -0.1) is 0 Å². The van der Waals surface area contributed by atoms with E-state index in [9.17, 15) is 4.79 Å². The predicted molar refractivity (Wildman–Crippen MR) is 121 cm³/mol. The van der Waals surface area contributed by atoms with E-state index < -0.39 is 5.91 Å². The molecule has 1 amide bonds. The minimum absolute atomic E-state index is 0.161. The van der Waals surface area contributed by atoms with E-state index in [1.54, 1.807) is 12.1 Å². The van der Waals surface area contributed by atoms with Crippen LogP contribution in [0.3, 0.4) is 0 Å². The topological polar surface area (TPSA) is 47.6 Å². The fourth-order valence-electron chi connectivity index (χ4n) is 2.97. The van der Waals surface area contributed by atoms with E-state index in [0.717, 1.165) is 37.6 Å². The number of nitrogens with one attached hydrogen (secondary N) is 2. The highest BCUT2D eigenvalue weighted by Gasteiger charge is 2.20. The Hall–Kier alpha value is -1.57. The third-order valence-corrected chi connectivity index (χ3v) is 5.51. The van der Waals surface area contributed by atoms with E-state index in [-0.39, 0.29) is 10.1 Å². The zero-order chi connectivity index (χ0) is 20.3. The molecule has 0 aliphatic carbocycles. The van der Waals surface area contributed by atoms with Gasteiger partial charge in [0.25, 0.3) is 5.91 Å². The molecule has 0 unspecified atom stereocenters. The molecule has 5 nitrogen and oxygen atoms in total. The van der Waals surface area contributed by atoms with Crippen molar-refractivity contribution in [2.75, 3.05) is 43.4 Å². The Morgan fingerprint density at radius 1 is 1.04 bits per heavy atom. The lowest BCUT2D eigenvalue weighted by Crippen LogP contribution is -2.45. The Bertz CT molecular complexity index is 901. The summed E-state index contributed by atoms with van der Waals surface area (Å²) in [6, 6.07) is 10.2. The van der Waals surface area contributed by atoms with E-state index >= 15 is 0 Å². The Kier molecular flexibility index (Phi) is 7.01. The fourth-order valence-corrected chi connectivity index (χ4v) is 3.96. The number of hydrogen-bond donors (Lipinski definition) is 2. The van der Waals surface area contributed by atoms with E-state index in [4.69, 9.17) is 47.0 Å². The van der Waals surface area contributed by atoms with E-state index in [0.29, 0.717) is 15.6 Å². The molecule has 148 valence electrons. The molecule has 1 heterocycles. The summed E-state index contributed by atoms with van der Waals surface area (Å²) in [6.07, 6.45) is 0. The van der Waals surface area contributed by atoms with Crippen LogP contribution in [0.1, 0.15) is 10.4 Å². The van der Waals surface area contributed by atoms with Crippen molar-refractivity contribution < 1.29 is 4.79 Å². The van der Waals surface area contributed by atoms with Gasteiger partial charge in [-0.1, -0.05) is 40.9 Å². The Morgan fingerprint density at radius 2 is 1.75 bits per heavy atom. The molecular formula is C19H19Cl3N4OS. The Balaban J connectivity index is 1.73. The molecule has 1 aliphatic rings. The fraction of sp³-hybridized carbons (Fsp3) is 0.263. The van der Waals surface area contributed by atoms with Gasteiger partial charge in [0, 0.05) is 31.2 Å². The van der Waals surface area contributed by atoms with Crippen molar-refractivity contribution >= 4 is 69.4 Å². The van der Waals surface area contributed by atoms with Gasteiger partial charge in [0.15, 0.2) is 5.11 Å². The summed E-state index contributed by atoms with van der Waals surface area (Å²) in [5, 5.41) is 7.23. The van der Waals surface area contributed by atoms with Gasteiger partial charge in [0.2, 0.25) is 0 Å². The lowest BCUT2D eigenvalue weighted by Gasteiger charge is -2.35. The molecule has 0 atom stereocenters. The summed E-state index contributed by atoms with van der Waals surface area (Å²) in [5.74, 6) is -0.414. The molecule has 1 fully saturated rings. The summed E-state index contributed by atoms with van der Waals surface area (Å²) in [4.78, 5) is 16.9. The summed E-state index contributed by atoms with van der Waals surface area (Å²) in [5.41, 5.74) is 1.91. The summed E-state index contributed by atoms with van der Waals surface area (Å²) in [6.45, 7) is 3.60. The van der Waals surface area contributed by atoms with E-state index in [2.05, 4.69) is 27.5 Å². The van der Waals surface area contributed by atoms with Crippen LogP contribution in [0.4, 0.5) is 11.4 Å². The minimum Gasteiger partial charge on any atom is -0.366 e. The molecule has 2 aromatic rings. The number of rotatable bonds is 3. The molecule has 0 radical (unpaired) electrons. The van der Waals surface area contributed by atoms with Crippen LogP contribution in [0.15, 0.2) is 36.4 Å². The van der Waals surface area contributed by atoms with Gasteiger partial charge in [-0.25, -0.2) is 0 Å². The lowest BCUT2D eigenvalue weighted by atomic mass is 10.2. The first-order valence-electron chi connectivity index (χ1n) is 8.64. The summed E-state index contributed by atoms with van der Waals surface area (Å²) < 4.78 is 0. The van der Waals surface area contributed by atoms with Crippen molar-refractivity contribution in [3.05, 3.63) is 57.0 Å². The quantitative estimate of drug-likeness (QED) is 0.663. The first-order valence-corrected chi connectivity index (χ1v) is 10.2. The highest BCUT2D eigenvalue weighted by atomic mass is 35.5. The summed E-state index contributed by atoms with van der Waals surface area (Å²) in [7, 11) is 2.09. The number of nitrogens with zero attached hydrogens (tertiary/aromatic N) is 2. The number of anilines is 2. The number of likely N-dealkylation sites (N-methyl/N-ethyl adjacent to an activating group) is 1. The predicted octanol–water partition coefficient (Wildman–Crippen LogP) is 4.53. The first kappa shape index (κ1) is 21.1. The van der Waals surface area contributed by atoms with Crippen molar-refractivity contribution in [1.29, 1.82) is 0 Å². The number of para-hydroxylation sites is 1. The van der Waals surface area contributed by atoms with Crippen molar-refractivity contribution in [1.82, 2.24) is 10.2 Å². The van der Waals surface area contributed by atoms with Gasteiger partial charge in [-0.05, 0) is 49.6 Å². The number of thiocarbonyl (C=S) groups is 1. The van der Waals surface area contributed by atoms with E-state index in [1.165, 1.54) is 6.07 Å². The number of hydrogen-bond acceptors (Lipinski definition) is 4. The molecule has 1 saturated heterocycles. The first-order chi connectivity index (χ1) is 13.3. The molecule has 0 bridgehead atoms. The minimum atomic E-state index is -0.414. The van der Waals surface area contributed by atoms with Crippen LogP contribution < -0.4 is 15.5 Å².